The van der Waals surface area contributed by atoms with Gasteiger partial charge in [0.05, 0.1) is 19.0 Å². The van der Waals surface area contributed by atoms with Gasteiger partial charge >= 0.3 is 0 Å². The van der Waals surface area contributed by atoms with E-state index in [2.05, 4.69) is 5.10 Å². The van der Waals surface area contributed by atoms with Crippen LogP contribution in [0.3, 0.4) is 0 Å². The Morgan fingerprint density at radius 1 is 1.67 bits per heavy atom. The quantitative estimate of drug-likeness (QED) is 0.724. The Hall–Kier alpha value is -0.700. The molecular formula is C11H17ClN2O. The highest BCUT2D eigenvalue weighted by Gasteiger charge is 2.29. The zero-order chi connectivity index (χ0) is 10.8. The molecule has 1 aliphatic rings. The monoisotopic (exact) mass is 228 g/mol. The minimum Gasteiger partial charge on any atom is -0.493 e. The van der Waals surface area contributed by atoms with E-state index in [1.165, 1.54) is 12.8 Å². The number of halogens is 1. The molecule has 2 rings (SSSR count). The zero-order valence-electron chi connectivity index (χ0n) is 9.24. The van der Waals surface area contributed by atoms with Crippen LogP contribution in [0.5, 0.6) is 5.75 Å². The van der Waals surface area contributed by atoms with Crippen LogP contribution in [0.4, 0.5) is 0 Å². The Balaban J connectivity index is 1.93. The van der Waals surface area contributed by atoms with Gasteiger partial charge in [-0.3, -0.25) is 4.68 Å². The van der Waals surface area contributed by atoms with Gasteiger partial charge in [-0.2, -0.15) is 5.10 Å². The van der Waals surface area contributed by atoms with E-state index in [9.17, 15) is 0 Å². The van der Waals surface area contributed by atoms with E-state index in [-0.39, 0.29) is 0 Å². The maximum absolute atomic E-state index is 6.27. The minimum absolute atomic E-state index is 0.324. The predicted octanol–water partition coefficient (Wildman–Crippen LogP) is 2.38. The Kier molecular flexibility index (Phi) is 3.19. The molecule has 1 saturated carbocycles. The molecule has 1 aliphatic carbocycles. The molecule has 1 atom stereocenters. The molecule has 1 fully saturated rings. The van der Waals surface area contributed by atoms with Gasteiger partial charge in [0.2, 0.25) is 0 Å². The van der Waals surface area contributed by atoms with Crippen LogP contribution in [-0.4, -0.2) is 22.3 Å². The van der Waals surface area contributed by atoms with Crippen molar-refractivity contribution in [3.63, 3.8) is 0 Å². The van der Waals surface area contributed by atoms with E-state index >= 15 is 0 Å². The fourth-order valence-corrected chi connectivity index (χ4v) is 2.23. The van der Waals surface area contributed by atoms with Gasteiger partial charge in [0.1, 0.15) is 0 Å². The largest absolute Gasteiger partial charge is 0.493 e. The summed E-state index contributed by atoms with van der Waals surface area (Å²) in [6.45, 7) is 0. The summed E-state index contributed by atoms with van der Waals surface area (Å²) >= 11 is 6.27. The SMILES string of the molecule is COc1cnn(C)c1CCC(Cl)C1CC1. The smallest absolute Gasteiger partial charge is 0.159 e. The molecule has 1 aromatic rings. The molecule has 0 N–H and O–H groups in total. The van der Waals surface area contributed by atoms with Crippen molar-refractivity contribution < 1.29 is 4.74 Å². The molecule has 84 valence electrons. The number of rotatable bonds is 5. The van der Waals surface area contributed by atoms with E-state index in [1.807, 2.05) is 11.7 Å². The van der Waals surface area contributed by atoms with Crippen LogP contribution in [0.2, 0.25) is 0 Å². The maximum atomic E-state index is 6.27. The molecule has 3 nitrogen and oxygen atoms in total. The summed E-state index contributed by atoms with van der Waals surface area (Å²) in [7, 11) is 3.62. The van der Waals surface area contributed by atoms with Crippen LogP contribution in [0, 0.1) is 5.92 Å². The fraction of sp³-hybridized carbons (Fsp3) is 0.727. The highest BCUT2D eigenvalue weighted by atomic mass is 35.5. The number of alkyl halides is 1. The molecule has 0 saturated heterocycles. The van der Waals surface area contributed by atoms with Crippen molar-refractivity contribution in [1.82, 2.24) is 9.78 Å². The molecule has 0 amide bonds. The number of methoxy groups -OCH3 is 1. The average Bonchev–Trinajstić information content (AvgIpc) is 3.01. The lowest BCUT2D eigenvalue weighted by Gasteiger charge is -2.09. The molecule has 4 heteroatoms. The molecular weight excluding hydrogens is 212 g/mol. The van der Waals surface area contributed by atoms with Gasteiger partial charge in [-0.25, -0.2) is 0 Å². The summed E-state index contributed by atoms with van der Waals surface area (Å²) in [5, 5.41) is 4.50. The van der Waals surface area contributed by atoms with E-state index < -0.39 is 0 Å². The van der Waals surface area contributed by atoms with Crippen LogP contribution in [0.25, 0.3) is 0 Å². The molecule has 1 unspecified atom stereocenters. The van der Waals surface area contributed by atoms with Crippen molar-refractivity contribution in [2.45, 2.75) is 31.1 Å². The van der Waals surface area contributed by atoms with Crippen molar-refractivity contribution in [3.05, 3.63) is 11.9 Å². The van der Waals surface area contributed by atoms with Crippen molar-refractivity contribution in [3.8, 4) is 5.75 Å². The molecule has 0 radical (unpaired) electrons. The Bertz CT molecular complexity index is 333. The molecule has 0 bridgehead atoms. The first-order valence-electron chi connectivity index (χ1n) is 5.41. The summed E-state index contributed by atoms with van der Waals surface area (Å²) in [6.07, 6.45) is 6.33. The Morgan fingerprint density at radius 3 is 3.00 bits per heavy atom. The van der Waals surface area contributed by atoms with Gasteiger partial charge < -0.3 is 4.74 Å². The van der Waals surface area contributed by atoms with E-state index in [1.54, 1.807) is 13.3 Å². The van der Waals surface area contributed by atoms with Gasteiger partial charge in [0, 0.05) is 12.4 Å². The number of ether oxygens (including phenoxy) is 1. The maximum Gasteiger partial charge on any atom is 0.159 e. The third kappa shape index (κ3) is 2.46. The standard InChI is InChI=1S/C11H17ClN2O/c1-14-10(11(15-2)7-13-14)6-5-9(12)8-3-4-8/h7-9H,3-6H2,1-2H3. The van der Waals surface area contributed by atoms with Gasteiger partial charge in [-0.15, -0.1) is 11.6 Å². The second-order valence-electron chi connectivity index (χ2n) is 4.18. The lowest BCUT2D eigenvalue weighted by atomic mass is 10.1. The van der Waals surface area contributed by atoms with Crippen LogP contribution in [0.1, 0.15) is 25.0 Å². The van der Waals surface area contributed by atoms with Gasteiger partial charge in [-0.05, 0) is 31.6 Å². The van der Waals surface area contributed by atoms with Gasteiger partial charge in [0.15, 0.2) is 5.75 Å². The zero-order valence-corrected chi connectivity index (χ0v) is 10.00. The summed E-state index contributed by atoms with van der Waals surface area (Å²) in [5.74, 6) is 1.63. The first kappa shape index (κ1) is 10.8. The van der Waals surface area contributed by atoms with Crippen molar-refractivity contribution >= 4 is 11.6 Å². The van der Waals surface area contributed by atoms with Crippen LogP contribution in [0.15, 0.2) is 6.20 Å². The summed E-state index contributed by atoms with van der Waals surface area (Å²) in [4.78, 5) is 0. The van der Waals surface area contributed by atoms with Gasteiger partial charge in [-0.1, -0.05) is 0 Å². The average molecular weight is 229 g/mol. The van der Waals surface area contributed by atoms with Crippen molar-refractivity contribution in [2.24, 2.45) is 13.0 Å². The Labute approximate surface area is 95.4 Å². The molecule has 15 heavy (non-hydrogen) atoms. The molecule has 0 aliphatic heterocycles. The summed E-state index contributed by atoms with van der Waals surface area (Å²) < 4.78 is 7.12. The normalized spacial score (nSPS) is 17.8. The van der Waals surface area contributed by atoms with Crippen LogP contribution < -0.4 is 4.74 Å². The van der Waals surface area contributed by atoms with Crippen LogP contribution in [-0.2, 0) is 13.5 Å². The third-order valence-electron chi connectivity index (χ3n) is 3.03. The third-order valence-corrected chi connectivity index (χ3v) is 3.61. The summed E-state index contributed by atoms with van der Waals surface area (Å²) in [6, 6.07) is 0. The van der Waals surface area contributed by atoms with E-state index in [0.717, 1.165) is 30.2 Å². The highest BCUT2D eigenvalue weighted by molar-refractivity contribution is 6.20. The molecule has 1 heterocycles. The summed E-state index contributed by atoms with van der Waals surface area (Å²) in [5.41, 5.74) is 1.14. The predicted molar refractivity (Wildman–Crippen MR) is 60.4 cm³/mol. The number of nitrogens with zero attached hydrogens (tertiary/aromatic N) is 2. The highest BCUT2D eigenvalue weighted by Crippen LogP contribution is 2.38. The minimum atomic E-state index is 0.324. The second-order valence-corrected chi connectivity index (χ2v) is 4.74. The van der Waals surface area contributed by atoms with E-state index in [0.29, 0.717) is 5.38 Å². The first-order chi connectivity index (χ1) is 7.22. The van der Waals surface area contributed by atoms with Gasteiger partial charge in [0.25, 0.3) is 0 Å². The molecule has 1 aromatic heterocycles. The van der Waals surface area contributed by atoms with E-state index in [4.69, 9.17) is 16.3 Å². The fourth-order valence-electron chi connectivity index (χ4n) is 1.87. The van der Waals surface area contributed by atoms with Crippen molar-refractivity contribution in [1.29, 1.82) is 0 Å². The second kappa shape index (κ2) is 4.44. The first-order valence-corrected chi connectivity index (χ1v) is 5.85. The molecule has 0 spiro atoms. The lowest BCUT2D eigenvalue weighted by Crippen LogP contribution is -2.07. The van der Waals surface area contributed by atoms with Crippen molar-refractivity contribution in [2.75, 3.05) is 7.11 Å². The number of aromatic nitrogens is 2. The number of hydrogen-bond donors (Lipinski definition) is 0. The molecule has 0 aromatic carbocycles. The lowest BCUT2D eigenvalue weighted by molar-refractivity contribution is 0.407. The topological polar surface area (TPSA) is 27.1 Å². The van der Waals surface area contributed by atoms with Crippen LogP contribution >= 0.6 is 11.6 Å². The Morgan fingerprint density at radius 2 is 2.40 bits per heavy atom. The number of aryl methyl sites for hydroxylation is 1. The number of hydrogen-bond acceptors (Lipinski definition) is 2.